The van der Waals surface area contributed by atoms with Gasteiger partial charge in [0.05, 0.1) is 0 Å². The van der Waals surface area contributed by atoms with Gasteiger partial charge in [0, 0.05) is 36.0 Å². The van der Waals surface area contributed by atoms with Crippen molar-refractivity contribution in [1.82, 2.24) is 9.88 Å². The molecule has 1 aromatic heterocycles. The van der Waals surface area contributed by atoms with Crippen LogP contribution in [0.4, 0.5) is 4.39 Å². The molecule has 0 aliphatic heterocycles. The van der Waals surface area contributed by atoms with Gasteiger partial charge in [-0.05, 0) is 68.5 Å². The molecular weight excluding hydrogens is 355 g/mol. The molecule has 1 N–H and O–H groups in total. The highest BCUT2D eigenvalue weighted by Gasteiger charge is 2.23. The van der Waals surface area contributed by atoms with E-state index in [1.807, 2.05) is 17.6 Å². The van der Waals surface area contributed by atoms with Crippen LogP contribution in [0.25, 0.3) is 11.3 Å². The molecule has 1 fully saturated rings. The summed E-state index contributed by atoms with van der Waals surface area (Å²) < 4.78 is 15.3. The van der Waals surface area contributed by atoms with Gasteiger partial charge < -0.3 is 9.88 Å². The number of Topliss-reactive ketones (excluding diaryl/α,β-unsaturated/α-hetero) is 1. The number of benzene rings is 1. The van der Waals surface area contributed by atoms with E-state index in [2.05, 4.69) is 12.2 Å². The molecule has 2 atom stereocenters. The molecule has 5 heteroatoms. The van der Waals surface area contributed by atoms with Crippen LogP contribution in [0.2, 0.25) is 0 Å². The highest BCUT2D eigenvalue weighted by Crippen LogP contribution is 2.27. The van der Waals surface area contributed by atoms with E-state index in [1.54, 1.807) is 12.1 Å². The smallest absolute Gasteiger partial charge is 0.222 e. The summed E-state index contributed by atoms with van der Waals surface area (Å²) in [4.78, 5) is 24.5. The molecule has 3 rings (SSSR count). The van der Waals surface area contributed by atoms with Gasteiger partial charge in [0.15, 0.2) is 5.78 Å². The molecule has 0 radical (unpaired) electrons. The summed E-state index contributed by atoms with van der Waals surface area (Å²) in [6.45, 7) is 6.12. The van der Waals surface area contributed by atoms with Gasteiger partial charge in [-0.1, -0.05) is 19.8 Å². The van der Waals surface area contributed by atoms with Crippen LogP contribution in [0, 0.1) is 18.7 Å². The van der Waals surface area contributed by atoms with Gasteiger partial charge in [0.1, 0.15) is 5.82 Å². The molecule has 1 heterocycles. The first-order valence-electron chi connectivity index (χ1n) is 10.1. The second kappa shape index (κ2) is 8.72. The fourth-order valence-electron chi connectivity index (χ4n) is 4.17. The van der Waals surface area contributed by atoms with Gasteiger partial charge >= 0.3 is 0 Å². The Balaban J connectivity index is 1.77. The van der Waals surface area contributed by atoms with E-state index in [1.165, 1.54) is 38.3 Å². The average molecular weight is 384 g/mol. The van der Waals surface area contributed by atoms with Crippen LogP contribution in [-0.2, 0) is 11.3 Å². The van der Waals surface area contributed by atoms with Crippen molar-refractivity contribution in [3.63, 3.8) is 0 Å². The van der Waals surface area contributed by atoms with Gasteiger partial charge in [0.2, 0.25) is 5.91 Å². The second-order valence-electron chi connectivity index (χ2n) is 7.93. The van der Waals surface area contributed by atoms with Crippen molar-refractivity contribution in [3.8, 4) is 11.3 Å². The van der Waals surface area contributed by atoms with Crippen molar-refractivity contribution in [2.45, 2.75) is 65.5 Å². The topological polar surface area (TPSA) is 51.1 Å². The van der Waals surface area contributed by atoms with Crippen LogP contribution in [0.15, 0.2) is 30.3 Å². The molecule has 1 amide bonds. The first-order valence-corrected chi connectivity index (χ1v) is 10.1. The first kappa shape index (κ1) is 20.3. The number of hydrogen-bond acceptors (Lipinski definition) is 2. The molecule has 1 aliphatic rings. The summed E-state index contributed by atoms with van der Waals surface area (Å²) >= 11 is 0. The molecule has 1 saturated carbocycles. The largest absolute Gasteiger partial charge is 0.353 e. The van der Waals surface area contributed by atoms with E-state index in [0.717, 1.165) is 23.4 Å². The number of nitrogens with one attached hydrogen (secondary N) is 1. The molecule has 4 nitrogen and oxygen atoms in total. The van der Waals surface area contributed by atoms with Crippen molar-refractivity contribution in [2.24, 2.45) is 5.92 Å². The molecule has 0 bridgehead atoms. The van der Waals surface area contributed by atoms with Crippen molar-refractivity contribution in [1.29, 1.82) is 0 Å². The van der Waals surface area contributed by atoms with E-state index in [0.29, 0.717) is 24.4 Å². The summed E-state index contributed by atoms with van der Waals surface area (Å²) in [5, 5.41) is 3.19. The number of hydrogen-bond donors (Lipinski definition) is 1. The summed E-state index contributed by atoms with van der Waals surface area (Å²) in [6, 6.07) is 8.32. The van der Waals surface area contributed by atoms with E-state index < -0.39 is 0 Å². The Hall–Kier alpha value is -2.43. The predicted molar refractivity (Wildman–Crippen MR) is 109 cm³/mol. The maximum atomic E-state index is 13.3. The number of rotatable bonds is 6. The fraction of sp³-hybridized carbons (Fsp3) is 0.478. The third-order valence-corrected chi connectivity index (χ3v) is 5.91. The third-order valence-electron chi connectivity index (χ3n) is 5.91. The molecule has 150 valence electrons. The van der Waals surface area contributed by atoms with E-state index in [4.69, 9.17) is 0 Å². The molecule has 0 spiro atoms. The highest BCUT2D eigenvalue weighted by molar-refractivity contribution is 5.96. The molecule has 0 saturated heterocycles. The van der Waals surface area contributed by atoms with Crippen molar-refractivity contribution < 1.29 is 14.0 Å². The van der Waals surface area contributed by atoms with E-state index >= 15 is 0 Å². The number of amides is 1. The number of ketones is 1. The zero-order valence-electron chi connectivity index (χ0n) is 16.9. The van der Waals surface area contributed by atoms with Gasteiger partial charge in [-0.2, -0.15) is 0 Å². The quantitative estimate of drug-likeness (QED) is 0.721. The Bertz CT molecular complexity index is 854. The molecule has 1 aromatic carbocycles. The lowest BCUT2D eigenvalue weighted by atomic mass is 9.86. The van der Waals surface area contributed by atoms with E-state index in [9.17, 15) is 14.0 Å². The first-order chi connectivity index (χ1) is 13.4. The zero-order chi connectivity index (χ0) is 20.3. The summed E-state index contributed by atoms with van der Waals surface area (Å²) in [5.74, 6) is 0.248. The molecule has 28 heavy (non-hydrogen) atoms. The lowest BCUT2D eigenvalue weighted by Crippen LogP contribution is -2.41. The maximum Gasteiger partial charge on any atom is 0.222 e. The minimum absolute atomic E-state index is 0.0138. The van der Waals surface area contributed by atoms with Crippen LogP contribution in [0.1, 0.15) is 62.0 Å². The average Bonchev–Trinajstić information content (AvgIpc) is 2.99. The Morgan fingerprint density at radius 2 is 1.86 bits per heavy atom. The Morgan fingerprint density at radius 1 is 1.18 bits per heavy atom. The van der Waals surface area contributed by atoms with E-state index in [-0.39, 0.29) is 23.5 Å². The van der Waals surface area contributed by atoms with Crippen LogP contribution in [0.5, 0.6) is 0 Å². The number of carbonyl (C=O) groups excluding carboxylic acids is 2. The predicted octanol–water partition coefficient (Wildman–Crippen LogP) is 4.89. The minimum atomic E-state index is -0.300. The molecular formula is C23H29FN2O2. The molecule has 0 unspecified atom stereocenters. The standard InChI is InChI=1S/C23H29FN2O2/c1-15-6-4-5-7-21(15)25-23(28)12-13-26-16(2)20(17(3)27)14-22(26)18-8-10-19(24)11-9-18/h8-11,14-15,21H,4-7,12-13H2,1-3H3,(H,25,28)/t15-,21-/m0/s1. The third kappa shape index (κ3) is 4.51. The Labute approximate surface area is 166 Å². The maximum absolute atomic E-state index is 13.3. The SMILES string of the molecule is CC(=O)c1cc(-c2ccc(F)cc2)n(CCC(=O)N[C@H]2CCCC[C@@H]2C)c1C. The minimum Gasteiger partial charge on any atom is -0.353 e. The number of halogens is 1. The Kier molecular flexibility index (Phi) is 6.32. The summed E-state index contributed by atoms with van der Waals surface area (Å²) in [6.07, 6.45) is 4.97. The Morgan fingerprint density at radius 3 is 2.50 bits per heavy atom. The van der Waals surface area contributed by atoms with Crippen LogP contribution in [0.3, 0.4) is 0 Å². The highest BCUT2D eigenvalue weighted by atomic mass is 19.1. The lowest BCUT2D eigenvalue weighted by molar-refractivity contribution is -0.122. The van der Waals surface area contributed by atoms with Crippen molar-refractivity contribution in [2.75, 3.05) is 0 Å². The zero-order valence-corrected chi connectivity index (χ0v) is 16.9. The summed E-state index contributed by atoms with van der Waals surface area (Å²) in [7, 11) is 0. The number of aromatic nitrogens is 1. The van der Waals surface area contributed by atoms with Crippen LogP contribution in [-0.4, -0.2) is 22.3 Å². The van der Waals surface area contributed by atoms with Gasteiger partial charge in [0.25, 0.3) is 0 Å². The number of carbonyl (C=O) groups is 2. The van der Waals surface area contributed by atoms with Gasteiger partial charge in [-0.3, -0.25) is 9.59 Å². The molecule has 1 aliphatic carbocycles. The van der Waals surface area contributed by atoms with Crippen LogP contribution >= 0.6 is 0 Å². The van der Waals surface area contributed by atoms with Gasteiger partial charge in [-0.25, -0.2) is 4.39 Å². The van der Waals surface area contributed by atoms with Gasteiger partial charge in [-0.15, -0.1) is 0 Å². The van der Waals surface area contributed by atoms with Crippen LogP contribution < -0.4 is 5.32 Å². The second-order valence-corrected chi connectivity index (χ2v) is 7.93. The van der Waals surface area contributed by atoms with Crippen molar-refractivity contribution >= 4 is 11.7 Å². The fourth-order valence-corrected chi connectivity index (χ4v) is 4.17. The van der Waals surface area contributed by atoms with Crippen molar-refractivity contribution in [3.05, 3.63) is 47.4 Å². The summed E-state index contributed by atoms with van der Waals surface area (Å²) in [5.41, 5.74) is 3.14. The lowest BCUT2D eigenvalue weighted by Gasteiger charge is -2.29. The number of nitrogens with zero attached hydrogens (tertiary/aromatic N) is 1. The monoisotopic (exact) mass is 384 g/mol. The molecule has 2 aromatic rings. The normalized spacial score (nSPS) is 19.4.